The lowest BCUT2D eigenvalue weighted by molar-refractivity contribution is 0.666. The van der Waals surface area contributed by atoms with E-state index in [1.807, 2.05) is 6.20 Å². The number of pyridine rings is 1. The Balaban J connectivity index is 1.43. The first-order chi connectivity index (χ1) is 18.6. The summed E-state index contributed by atoms with van der Waals surface area (Å²) in [5, 5.41) is 5.03. The maximum absolute atomic E-state index is 4.80. The van der Waals surface area contributed by atoms with Crippen LogP contribution in [0.15, 0.2) is 121 Å². The second kappa shape index (κ2) is 7.66. The fourth-order valence-electron chi connectivity index (χ4n) is 6.75. The van der Waals surface area contributed by atoms with Crippen LogP contribution in [0.4, 0.5) is 0 Å². The molecule has 5 aromatic carbocycles. The Labute approximate surface area is 221 Å². The van der Waals surface area contributed by atoms with Crippen LogP contribution in [0.1, 0.15) is 25.0 Å². The first-order valence-electron chi connectivity index (χ1n) is 13.2. The largest absolute Gasteiger partial charge is 0.309 e. The van der Waals surface area contributed by atoms with Gasteiger partial charge in [0, 0.05) is 39.0 Å². The summed E-state index contributed by atoms with van der Waals surface area (Å²) in [5.41, 5.74) is 11.2. The monoisotopic (exact) mass is 486 g/mol. The zero-order valence-electron chi connectivity index (χ0n) is 21.4. The Kier molecular flexibility index (Phi) is 4.31. The van der Waals surface area contributed by atoms with Gasteiger partial charge in [-0.05, 0) is 58.0 Å². The zero-order valence-corrected chi connectivity index (χ0v) is 21.4. The van der Waals surface area contributed by atoms with Gasteiger partial charge in [0.05, 0.1) is 16.7 Å². The molecule has 1 aliphatic carbocycles. The van der Waals surface area contributed by atoms with Crippen LogP contribution in [0.2, 0.25) is 0 Å². The Morgan fingerprint density at radius 3 is 2.34 bits per heavy atom. The van der Waals surface area contributed by atoms with E-state index in [-0.39, 0.29) is 5.41 Å². The molecular weight excluding hydrogens is 460 g/mol. The topological polar surface area (TPSA) is 17.8 Å². The molecule has 2 nitrogen and oxygen atoms in total. The second-order valence-electron chi connectivity index (χ2n) is 10.8. The van der Waals surface area contributed by atoms with Crippen molar-refractivity contribution < 1.29 is 0 Å². The SMILES string of the molecule is CC1(C)c2ccccc2-c2ccc3c(c21)c1ccccc1n3-c1cccc(-c2nccc3ccccc23)c1. The van der Waals surface area contributed by atoms with Crippen LogP contribution in [-0.2, 0) is 5.41 Å². The summed E-state index contributed by atoms with van der Waals surface area (Å²) in [6.07, 6.45) is 1.91. The van der Waals surface area contributed by atoms with Gasteiger partial charge >= 0.3 is 0 Å². The van der Waals surface area contributed by atoms with Gasteiger partial charge in [0.25, 0.3) is 0 Å². The molecule has 0 N–H and O–H groups in total. The molecule has 0 radical (unpaired) electrons. The number of rotatable bonds is 2. The van der Waals surface area contributed by atoms with Gasteiger partial charge in [-0.1, -0.05) is 98.8 Å². The van der Waals surface area contributed by atoms with Crippen molar-refractivity contribution in [1.29, 1.82) is 0 Å². The molecule has 0 unspecified atom stereocenters. The average Bonchev–Trinajstić information content (AvgIpc) is 3.42. The van der Waals surface area contributed by atoms with Crippen molar-refractivity contribution in [2.45, 2.75) is 19.3 Å². The van der Waals surface area contributed by atoms with Crippen LogP contribution in [0.3, 0.4) is 0 Å². The maximum atomic E-state index is 4.80. The minimum Gasteiger partial charge on any atom is -0.309 e. The van der Waals surface area contributed by atoms with Crippen LogP contribution in [0.25, 0.3) is 60.6 Å². The van der Waals surface area contributed by atoms with Gasteiger partial charge in [0.2, 0.25) is 0 Å². The summed E-state index contributed by atoms with van der Waals surface area (Å²) < 4.78 is 2.43. The minimum absolute atomic E-state index is 0.0743. The van der Waals surface area contributed by atoms with Gasteiger partial charge in [-0.3, -0.25) is 4.98 Å². The molecule has 0 saturated carbocycles. The lowest BCUT2D eigenvalue weighted by Gasteiger charge is -2.22. The Morgan fingerprint density at radius 1 is 0.632 bits per heavy atom. The molecule has 2 heterocycles. The van der Waals surface area contributed by atoms with Gasteiger partial charge in [-0.2, -0.15) is 0 Å². The van der Waals surface area contributed by atoms with Crippen LogP contribution in [0, 0.1) is 0 Å². The molecule has 0 bridgehead atoms. The fourth-order valence-corrected chi connectivity index (χ4v) is 6.75. The number of hydrogen-bond donors (Lipinski definition) is 0. The van der Waals surface area contributed by atoms with E-state index in [4.69, 9.17) is 4.98 Å². The highest BCUT2D eigenvalue weighted by atomic mass is 15.0. The van der Waals surface area contributed by atoms with Crippen LogP contribution in [-0.4, -0.2) is 9.55 Å². The van der Waals surface area contributed by atoms with E-state index < -0.39 is 0 Å². The predicted octanol–water partition coefficient (Wildman–Crippen LogP) is 9.31. The average molecular weight is 487 g/mol. The first-order valence-corrected chi connectivity index (χ1v) is 13.2. The van der Waals surface area contributed by atoms with Crippen molar-refractivity contribution in [1.82, 2.24) is 9.55 Å². The van der Waals surface area contributed by atoms with Crippen molar-refractivity contribution in [3.63, 3.8) is 0 Å². The van der Waals surface area contributed by atoms with E-state index in [1.54, 1.807) is 0 Å². The predicted molar refractivity (Wildman–Crippen MR) is 159 cm³/mol. The minimum atomic E-state index is -0.0743. The van der Waals surface area contributed by atoms with Gasteiger partial charge in [-0.25, -0.2) is 0 Å². The fraction of sp³-hybridized carbons (Fsp3) is 0.0833. The van der Waals surface area contributed by atoms with Crippen LogP contribution >= 0.6 is 0 Å². The third-order valence-corrected chi connectivity index (χ3v) is 8.41. The maximum Gasteiger partial charge on any atom is 0.0781 e. The third kappa shape index (κ3) is 2.80. The molecular formula is C36H26N2. The highest BCUT2D eigenvalue weighted by Crippen LogP contribution is 2.53. The Bertz CT molecular complexity index is 2050. The summed E-state index contributed by atoms with van der Waals surface area (Å²) in [6, 6.07) is 41.8. The standard InChI is InChI=1S/C36H26N2/c1-36(2)30-16-7-5-14-27(30)28-18-19-32-33(34(28)36)29-15-6-8-17-31(29)38(32)25-12-9-11-24(22-25)35-26-13-4-3-10-23(26)20-21-37-35/h3-22H,1-2H3. The normalized spacial score (nSPS) is 13.7. The number of para-hydroxylation sites is 1. The molecule has 0 amide bonds. The summed E-state index contributed by atoms with van der Waals surface area (Å²) >= 11 is 0. The highest BCUT2D eigenvalue weighted by Gasteiger charge is 2.37. The van der Waals surface area contributed by atoms with E-state index in [0.717, 1.165) is 16.9 Å². The molecule has 7 aromatic rings. The molecule has 180 valence electrons. The molecule has 0 saturated heterocycles. The number of hydrogen-bond acceptors (Lipinski definition) is 1. The van der Waals surface area contributed by atoms with E-state index in [1.165, 1.54) is 54.8 Å². The first kappa shape index (κ1) is 21.4. The van der Waals surface area contributed by atoms with Crippen LogP contribution < -0.4 is 0 Å². The van der Waals surface area contributed by atoms with Crippen LogP contribution in [0.5, 0.6) is 0 Å². The van der Waals surface area contributed by atoms with Crippen molar-refractivity contribution in [2.24, 2.45) is 0 Å². The van der Waals surface area contributed by atoms with Crippen molar-refractivity contribution in [2.75, 3.05) is 0 Å². The van der Waals surface area contributed by atoms with Crippen molar-refractivity contribution in [3.8, 4) is 28.1 Å². The van der Waals surface area contributed by atoms with Gasteiger partial charge < -0.3 is 4.57 Å². The quantitative estimate of drug-likeness (QED) is 0.238. The third-order valence-electron chi connectivity index (χ3n) is 8.41. The molecule has 0 spiro atoms. The molecule has 8 rings (SSSR count). The van der Waals surface area contributed by atoms with Gasteiger partial charge in [0.1, 0.15) is 0 Å². The van der Waals surface area contributed by atoms with Crippen molar-refractivity contribution in [3.05, 3.63) is 133 Å². The number of fused-ring (bicyclic) bond motifs is 8. The van der Waals surface area contributed by atoms with E-state index in [0.29, 0.717) is 0 Å². The van der Waals surface area contributed by atoms with Gasteiger partial charge in [0.15, 0.2) is 0 Å². The number of nitrogens with zero attached hydrogens (tertiary/aromatic N) is 2. The lowest BCUT2D eigenvalue weighted by Crippen LogP contribution is -2.15. The Morgan fingerprint density at radius 2 is 1.42 bits per heavy atom. The summed E-state index contributed by atoms with van der Waals surface area (Å²) in [6.45, 7) is 4.74. The number of aromatic nitrogens is 2. The second-order valence-corrected chi connectivity index (χ2v) is 10.8. The summed E-state index contributed by atoms with van der Waals surface area (Å²) in [7, 11) is 0. The number of benzene rings is 5. The molecule has 0 aliphatic heterocycles. The van der Waals surface area contributed by atoms with Gasteiger partial charge in [-0.15, -0.1) is 0 Å². The summed E-state index contributed by atoms with van der Waals surface area (Å²) in [5.74, 6) is 0. The lowest BCUT2D eigenvalue weighted by atomic mass is 9.80. The molecule has 0 fully saturated rings. The highest BCUT2D eigenvalue weighted by molar-refractivity contribution is 6.14. The van der Waals surface area contributed by atoms with E-state index in [9.17, 15) is 0 Å². The smallest absolute Gasteiger partial charge is 0.0781 e. The zero-order chi connectivity index (χ0) is 25.4. The van der Waals surface area contributed by atoms with E-state index >= 15 is 0 Å². The molecule has 38 heavy (non-hydrogen) atoms. The van der Waals surface area contributed by atoms with E-state index in [2.05, 4.69) is 134 Å². The molecule has 0 atom stereocenters. The molecule has 2 heteroatoms. The Hall–Kier alpha value is -4.69. The van der Waals surface area contributed by atoms with Crippen molar-refractivity contribution >= 4 is 32.6 Å². The molecule has 1 aliphatic rings. The summed E-state index contributed by atoms with van der Waals surface area (Å²) in [4.78, 5) is 4.80. The molecule has 2 aromatic heterocycles.